The number of rotatable bonds is 6. The Kier molecular flexibility index (Phi) is 4.46. The zero-order chi connectivity index (χ0) is 16.2. The van der Waals surface area contributed by atoms with Crippen LogP contribution in [0.25, 0.3) is 16.7 Å². The predicted molar refractivity (Wildman–Crippen MR) is 90.1 cm³/mol. The summed E-state index contributed by atoms with van der Waals surface area (Å²) in [5.41, 5.74) is 2.12. The Labute approximate surface area is 135 Å². The van der Waals surface area contributed by atoms with Gasteiger partial charge in [0.25, 0.3) is 0 Å². The quantitative estimate of drug-likeness (QED) is 0.745. The van der Waals surface area contributed by atoms with Gasteiger partial charge >= 0.3 is 0 Å². The second kappa shape index (κ2) is 6.69. The number of phenolic OH excluding ortho intramolecular Hbond substituents is 1. The molecule has 0 spiro atoms. The van der Waals surface area contributed by atoms with E-state index in [1.165, 1.54) is 4.80 Å². The minimum atomic E-state index is 0.106. The van der Waals surface area contributed by atoms with Gasteiger partial charge in [-0.2, -0.15) is 0 Å². The molecule has 5 heteroatoms. The number of benzene rings is 2. The van der Waals surface area contributed by atoms with Crippen LogP contribution in [0.5, 0.6) is 11.5 Å². The molecule has 0 aliphatic rings. The Morgan fingerprint density at radius 3 is 2.35 bits per heavy atom. The number of hydrogen-bond donors (Lipinski definition) is 1. The summed E-state index contributed by atoms with van der Waals surface area (Å²) in [5, 5.41) is 19.1. The molecule has 0 saturated carbocycles. The molecule has 1 heterocycles. The van der Waals surface area contributed by atoms with Crippen LogP contribution < -0.4 is 4.74 Å². The van der Waals surface area contributed by atoms with Crippen molar-refractivity contribution in [1.82, 2.24) is 15.0 Å². The maximum atomic E-state index is 10.3. The number of ether oxygens (including phenoxy) is 1. The van der Waals surface area contributed by atoms with Crippen molar-refractivity contribution in [2.24, 2.45) is 0 Å². The molecule has 0 radical (unpaired) electrons. The highest BCUT2D eigenvalue weighted by Crippen LogP contribution is 2.28. The lowest BCUT2D eigenvalue weighted by Gasteiger charge is -2.17. The molecule has 0 amide bonds. The highest BCUT2D eigenvalue weighted by molar-refractivity contribution is 5.73. The minimum absolute atomic E-state index is 0.106. The van der Waals surface area contributed by atoms with Crippen molar-refractivity contribution >= 4 is 11.0 Å². The molecule has 1 N–H and O–H groups in total. The average molecular weight is 311 g/mol. The molecular formula is C18H21N3O2. The van der Waals surface area contributed by atoms with Crippen LogP contribution in [0.15, 0.2) is 42.5 Å². The van der Waals surface area contributed by atoms with Crippen molar-refractivity contribution in [3.05, 3.63) is 42.5 Å². The normalized spacial score (nSPS) is 12.4. The fraction of sp³-hybridized carbons (Fsp3) is 0.333. The SMILES string of the molecule is CCC[C@H](CC)Oc1ccc(-n2nc3ccccc3n2)c(O)c1. The van der Waals surface area contributed by atoms with Crippen LogP contribution in [0.4, 0.5) is 0 Å². The second-order valence-corrected chi connectivity index (χ2v) is 5.57. The van der Waals surface area contributed by atoms with Crippen molar-refractivity contribution in [2.75, 3.05) is 0 Å². The summed E-state index contributed by atoms with van der Waals surface area (Å²) in [7, 11) is 0. The van der Waals surface area contributed by atoms with E-state index < -0.39 is 0 Å². The van der Waals surface area contributed by atoms with Crippen LogP contribution in [0.2, 0.25) is 0 Å². The van der Waals surface area contributed by atoms with E-state index in [1.807, 2.05) is 30.3 Å². The highest BCUT2D eigenvalue weighted by Gasteiger charge is 2.12. The lowest BCUT2D eigenvalue weighted by molar-refractivity contribution is 0.185. The number of aromatic nitrogens is 3. The zero-order valence-electron chi connectivity index (χ0n) is 13.4. The van der Waals surface area contributed by atoms with E-state index in [0.717, 1.165) is 30.3 Å². The Morgan fingerprint density at radius 2 is 1.78 bits per heavy atom. The number of nitrogens with zero attached hydrogens (tertiary/aromatic N) is 3. The highest BCUT2D eigenvalue weighted by atomic mass is 16.5. The fourth-order valence-corrected chi connectivity index (χ4v) is 2.57. The summed E-state index contributed by atoms with van der Waals surface area (Å²) in [5.74, 6) is 0.775. The van der Waals surface area contributed by atoms with Gasteiger partial charge in [0.15, 0.2) is 0 Å². The van der Waals surface area contributed by atoms with Crippen molar-refractivity contribution in [3.63, 3.8) is 0 Å². The van der Waals surface area contributed by atoms with Crippen molar-refractivity contribution in [3.8, 4) is 17.2 Å². The van der Waals surface area contributed by atoms with Crippen LogP contribution >= 0.6 is 0 Å². The third-order valence-corrected chi connectivity index (χ3v) is 3.82. The first kappa shape index (κ1) is 15.3. The van der Waals surface area contributed by atoms with Gasteiger partial charge < -0.3 is 9.84 Å². The van der Waals surface area contributed by atoms with E-state index >= 15 is 0 Å². The lowest BCUT2D eigenvalue weighted by Crippen LogP contribution is -2.14. The lowest BCUT2D eigenvalue weighted by atomic mass is 10.1. The van der Waals surface area contributed by atoms with Crippen molar-refractivity contribution in [2.45, 2.75) is 39.2 Å². The molecule has 1 atom stereocenters. The zero-order valence-corrected chi connectivity index (χ0v) is 13.4. The topological polar surface area (TPSA) is 60.2 Å². The van der Waals surface area contributed by atoms with E-state index in [2.05, 4.69) is 24.0 Å². The largest absolute Gasteiger partial charge is 0.505 e. The van der Waals surface area contributed by atoms with E-state index in [0.29, 0.717) is 11.4 Å². The first-order valence-electron chi connectivity index (χ1n) is 8.03. The molecule has 0 fully saturated rings. The molecular weight excluding hydrogens is 290 g/mol. The third kappa shape index (κ3) is 3.28. The van der Waals surface area contributed by atoms with E-state index in [4.69, 9.17) is 4.74 Å². The molecule has 120 valence electrons. The molecule has 0 aliphatic heterocycles. The van der Waals surface area contributed by atoms with Crippen molar-refractivity contribution in [1.29, 1.82) is 0 Å². The van der Waals surface area contributed by atoms with E-state index in [-0.39, 0.29) is 11.9 Å². The van der Waals surface area contributed by atoms with Crippen LogP contribution in [-0.2, 0) is 0 Å². The second-order valence-electron chi connectivity index (χ2n) is 5.57. The number of aromatic hydroxyl groups is 1. The summed E-state index contributed by atoms with van der Waals surface area (Å²) in [6, 6.07) is 12.9. The maximum Gasteiger partial charge on any atom is 0.146 e. The first-order valence-corrected chi connectivity index (χ1v) is 8.03. The van der Waals surface area contributed by atoms with Gasteiger partial charge in [-0.3, -0.25) is 0 Å². The summed E-state index contributed by atoms with van der Waals surface area (Å²) in [4.78, 5) is 1.45. The molecule has 0 bridgehead atoms. The third-order valence-electron chi connectivity index (χ3n) is 3.82. The minimum Gasteiger partial charge on any atom is -0.505 e. The number of hydrogen-bond acceptors (Lipinski definition) is 4. The van der Waals surface area contributed by atoms with Gasteiger partial charge in [-0.05, 0) is 37.1 Å². The summed E-state index contributed by atoms with van der Waals surface area (Å²) < 4.78 is 5.92. The van der Waals surface area contributed by atoms with Gasteiger partial charge in [0.1, 0.15) is 28.2 Å². The predicted octanol–water partition coefficient (Wildman–Crippen LogP) is 4.08. The van der Waals surface area contributed by atoms with Gasteiger partial charge in [0.05, 0.1) is 6.10 Å². The average Bonchev–Trinajstić information content (AvgIpc) is 2.98. The smallest absolute Gasteiger partial charge is 0.146 e. The number of fused-ring (bicyclic) bond motifs is 1. The van der Waals surface area contributed by atoms with Crippen LogP contribution in [0.3, 0.4) is 0 Å². The Bertz CT molecular complexity index is 765. The van der Waals surface area contributed by atoms with Gasteiger partial charge in [-0.25, -0.2) is 0 Å². The molecule has 0 unspecified atom stereocenters. The van der Waals surface area contributed by atoms with Gasteiger partial charge in [0.2, 0.25) is 0 Å². The Hall–Kier alpha value is -2.56. The molecule has 1 aromatic heterocycles. The Balaban J connectivity index is 1.86. The van der Waals surface area contributed by atoms with Gasteiger partial charge in [0, 0.05) is 6.07 Å². The Morgan fingerprint density at radius 1 is 1.09 bits per heavy atom. The fourth-order valence-electron chi connectivity index (χ4n) is 2.57. The van der Waals surface area contributed by atoms with Crippen molar-refractivity contribution < 1.29 is 9.84 Å². The number of phenols is 1. The van der Waals surface area contributed by atoms with Gasteiger partial charge in [-0.15, -0.1) is 15.0 Å². The summed E-state index contributed by atoms with van der Waals surface area (Å²) >= 11 is 0. The van der Waals surface area contributed by atoms with Crippen LogP contribution in [0.1, 0.15) is 33.1 Å². The molecule has 0 aliphatic carbocycles. The van der Waals surface area contributed by atoms with Gasteiger partial charge in [-0.1, -0.05) is 32.4 Å². The summed E-state index contributed by atoms with van der Waals surface area (Å²) in [6.45, 7) is 4.24. The molecule has 0 saturated heterocycles. The van der Waals surface area contributed by atoms with Crippen LogP contribution in [-0.4, -0.2) is 26.2 Å². The van der Waals surface area contributed by atoms with E-state index in [1.54, 1.807) is 12.1 Å². The maximum absolute atomic E-state index is 10.3. The standard InChI is InChI=1S/C18H21N3O2/c1-3-7-13(4-2)23-14-10-11-17(18(22)12-14)21-19-15-8-5-6-9-16(15)20-21/h5-6,8-13,22H,3-4,7H2,1-2H3/t13-/m0/s1. The monoisotopic (exact) mass is 311 g/mol. The molecule has 5 nitrogen and oxygen atoms in total. The van der Waals surface area contributed by atoms with E-state index in [9.17, 15) is 5.11 Å². The summed E-state index contributed by atoms with van der Waals surface area (Å²) in [6.07, 6.45) is 3.20. The molecule has 3 rings (SSSR count). The molecule has 2 aromatic carbocycles. The molecule has 3 aromatic rings. The van der Waals surface area contributed by atoms with Crippen LogP contribution in [0, 0.1) is 0 Å². The molecule has 23 heavy (non-hydrogen) atoms. The first-order chi connectivity index (χ1) is 11.2.